The van der Waals surface area contributed by atoms with Crippen molar-refractivity contribution in [2.75, 3.05) is 24.1 Å². The van der Waals surface area contributed by atoms with Gasteiger partial charge in [-0.05, 0) is 73.2 Å². The number of nitrogens with zero attached hydrogens (tertiary/aromatic N) is 3. The maximum absolute atomic E-state index is 13.3. The van der Waals surface area contributed by atoms with E-state index in [1.54, 1.807) is 36.4 Å². The van der Waals surface area contributed by atoms with E-state index in [0.717, 1.165) is 18.4 Å². The van der Waals surface area contributed by atoms with E-state index in [0.29, 0.717) is 47.9 Å². The topological polar surface area (TPSA) is 101 Å². The van der Waals surface area contributed by atoms with Crippen molar-refractivity contribution < 1.29 is 12.8 Å². The van der Waals surface area contributed by atoms with Gasteiger partial charge in [0.05, 0.1) is 4.90 Å². The molecule has 1 aromatic heterocycles. The Balaban J connectivity index is 1.37. The van der Waals surface area contributed by atoms with Gasteiger partial charge in [0.2, 0.25) is 16.0 Å². The first-order chi connectivity index (χ1) is 15.3. The van der Waals surface area contributed by atoms with Crippen molar-refractivity contribution in [2.45, 2.75) is 24.2 Å². The van der Waals surface area contributed by atoms with Gasteiger partial charge >= 0.3 is 0 Å². The monoisotopic (exact) mass is 475 g/mol. The van der Waals surface area contributed by atoms with E-state index < -0.39 is 10.0 Å². The summed E-state index contributed by atoms with van der Waals surface area (Å²) in [5.74, 6) is 0.281. The smallest absolute Gasteiger partial charge is 0.243 e. The molecule has 0 amide bonds. The van der Waals surface area contributed by atoms with Crippen LogP contribution in [0.2, 0.25) is 5.15 Å². The zero-order chi connectivity index (χ0) is 22.7. The van der Waals surface area contributed by atoms with Crippen LogP contribution >= 0.6 is 11.6 Å². The van der Waals surface area contributed by atoms with Crippen molar-refractivity contribution in [1.82, 2.24) is 14.3 Å². The van der Waals surface area contributed by atoms with Crippen LogP contribution in [0.4, 0.5) is 21.7 Å². The summed E-state index contributed by atoms with van der Waals surface area (Å²) in [6.07, 6.45) is 3.69. The largest absolute Gasteiger partial charge is 0.398 e. The van der Waals surface area contributed by atoms with Crippen molar-refractivity contribution in [2.24, 2.45) is 5.92 Å². The number of sulfonamides is 1. The third-order valence-corrected chi connectivity index (χ3v) is 7.68. The summed E-state index contributed by atoms with van der Waals surface area (Å²) < 4.78 is 40.9. The first-order valence-electron chi connectivity index (χ1n) is 10.2. The zero-order valence-electron chi connectivity index (χ0n) is 17.2. The molecule has 0 radical (unpaired) electrons. The van der Waals surface area contributed by atoms with Crippen LogP contribution in [0.5, 0.6) is 0 Å². The number of aromatic nitrogens is 2. The molecule has 0 aliphatic carbocycles. The molecule has 4 rings (SSSR count). The molecule has 0 spiro atoms. The Morgan fingerprint density at radius 2 is 1.84 bits per heavy atom. The average molecular weight is 476 g/mol. The molecule has 168 valence electrons. The highest BCUT2D eigenvalue weighted by molar-refractivity contribution is 7.89. The van der Waals surface area contributed by atoms with Gasteiger partial charge < -0.3 is 11.1 Å². The quantitative estimate of drug-likeness (QED) is 0.408. The van der Waals surface area contributed by atoms with Crippen molar-refractivity contribution in [3.05, 3.63) is 71.3 Å². The molecule has 0 saturated carbocycles. The van der Waals surface area contributed by atoms with Gasteiger partial charge in [0, 0.05) is 30.7 Å². The van der Waals surface area contributed by atoms with Crippen LogP contribution < -0.4 is 11.1 Å². The lowest BCUT2D eigenvalue weighted by Crippen LogP contribution is -2.38. The molecule has 0 bridgehead atoms. The van der Waals surface area contributed by atoms with Crippen LogP contribution in [-0.4, -0.2) is 35.8 Å². The maximum Gasteiger partial charge on any atom is 0.243 e. The number of nitrogens with one attached hydrogen (secondary N) is 1. The number of nitrogen functional groups attached to an aromatic ring is 1. The van der Waals surface area contributed by atoms with Crippen molar-refractivity contribution in [3.8, 4) is 0 Å². The Labute approximate surface area is 191 Å². The van der Waals surface area contributed by atoms with Crippen molar-refractivity contribution in [1.29, 1.82) is 0 Å². The summed E-state index contributed by atoms with van der Waals surface area (Å²) in [6.45, 7) is 0.870. The summed E-state index contributed by atoms with van der Waals surface area (Å²) in [5.41, 5.74) is 7.91. The molecular weight excluding hydrogens is 453 g/mol. The van der Waals surface area contributed by atoms with Crippen molar-refractivity contribution >= 4 is 38.9 Å². The summed E-state index contributed by atoms with van der Waals surface area (Å²) in [6, 6.07) is 12.5. The Bertz CT molecular complexity index is 1200. The molecular formula is C22H23ClFN5O2S. The Hall–Kier alpha value is -2.75. The summed E-state index contributed by atoms with van der Waals surface area (Å²) in [5, 5.41) is 3.30. The molecule has 0 unspecified atom stereocenters. The molecule has 2 aromatic carbocycles. The summed E-state index contributed by atoms with van der Waals surface area (Å²) >= 11 is 5.85. The summed E-state index contributed by atoms with van der Waals surface area (Å²) in [7, 11) is -3.59. The van der Waals surface area contributed by atoms with Gasteiger partial charge in [0.1, 0.15) is 11.0 Å². The molecule has 1 aliphatic rings. The van der Waals surface area contributed by atoms with Gasteiger partial charge in [-0.15, -0.1) is 0 Å². The maximum atomic E-state index is 13.3. The van der Waals surface area contributed by atoms with E-state index in [1.807, 2.05) is 0 Å². The third kappa shape index (κ3) is 5.17. The number of halogens is 2. The number of nitrogens with two attached hydrogens (primary N) is 1. The fourth-order valence-electron chi connectivity index (χ4n) is 3.80. The number of hydrogen-bond donors (Lipinski definition) is 2. The molecule has 3 aromatic rings. The Morgan fingerprint density at radius 3 is 2.50 bits per heavy atom. The minimum absolute atomic E-state index is 0.233. The van der Waals surface area contributed by atoms with Crippen LogP contribution in [0.25, 0.3) is 0 Å². The highest BCUT2D eigenvalue weighted by Gasteiger charge is 2.29. The van der Waals surface area contributed by atoms with Crippen LogP contribution in [0.3, 0.4) is 0 Å². The molecule has 2 heterocycles. The van der Waals surface area contributed by atoms with Gasteiger partial charge in [-0.3, -0.25) is 0 Å². The van der Waals surface area contributed by atoms with Crippen LogP contribution in [0.1, 0.15) is 18.4 Å². The van der Waals surface area contributed by atoms with Gasteiger partial charge in [0.25, 0.3) is 0 Å². The highest BCUT2D eigenvalue weighted by Crippen LogP contribution is 2.28. The average Bonchev–Trinajstić information content (AvgIpc) is 2.76. The number of hydrogen-bond acceptors (Lipinski definition) is 6. The van der Waals surface area contributed by atoms with Crippen LogP contribution in [0.15, 0.2) is 59.6 Å². The zero-order valence-corrected chi connectivity index (χ0v) is 18.8. The Kier molecular flexibility index (Phi) is 6.59. The molecule has 10 heteroatoms. The van der Waals surface area contributed by atoms with Crippen LogP contribution in [-0.2, 0) is 16.4 Å². The van der Waals surface area contributed by atoms with Crippen molar-refractivity contribution in [3.63, 3.8) is 0 Å². The van der Waals surface area contributed by atoms with E-state index in [4.69, 9.17) is 17.3 Å². The standard InChI is InChI=1S/C22H23ClFN5O2S/c23-21-7-10-26-22(28-21)27-18-3-5-19(6-4-18)32(30,31)29-11-8-15(9-12-29)13-16-1-2-17(24)14-20(16)25/h1-7,10,14-15H,8-9,11-13,25H2,(H,26,27,28). The van der Waals surface area contributed by atoms with Gasteiger partial charge in [-0.1, -0.05) is 17.7 Å². The number of benzene rings is 2. The normalized spacial score (nSPS) is 15.6. The van der Waals surface area contributed by atoms with E-state index in [9.17, 15) is 12.8 Å². The molecule has 1 saturated heterocycles. The molecule has 7 nitrogen and oxygen atoms in total. The molecule has 0 atom stereocenters. The number of rotatable bonds is 6. The van der Waals surface area contributed by atoms with Gasteiger partial charge in [-0.25, -0.2) is 22.8 Å². The second kappa shape index (κ2) is 9.40. The summed E-state index contributed by atoms with van der Waals surface area (Å²) in [4.78, 5) is 8.35. The lowest BCUT2D eigenvalue weighted by Gasteiger charge is -2.31. The predicted molar refractivity (Wildman–Crippen MR) is 123 cm³/mol. The first kappa shape index (κ1) is 22.4. The fraction of sp³-hybridized carbons (Fsp3) is 0.273. The number of anilines is 3. The third-order valence-electron chi connectivity index (χ3n) is 5.56. The molecule has 32 heavy (non-hydrogen) atoms. The SMILES string of the molecule is Nc1cc(F)ccc1CC1CCN(S(=O)(=O)c2ccc(Nc3nccc(Cl)n3)cc2)CC1. The van der Waals surface area contributed by atoms with E-state index >= 15 is 0 Å². The van der Waals surface area contributed by atoms with E-state index in [2.05, 4.69) is 15.3 Å². The lowest BCUT2D eigenvalue weighted by atomic mass is 9.90. The minimum atomic E-state index is -3.59. The second-order valence-corrected chi connectivity index (χ2v) is 10.1. The van der Waals surface area contributed by atoms with E-state index in [1.165, 1.54) is 22.6 Å². The number of piperidine rings is 1. The molecule has 1 aliphatic heterocycles. The van der Waals surface area contributed by atoms with Gasteiger partial charge in [0.15, 0.2) is 0 Å². The lowest BCUT2D eigenvalue weighted by molar-refractivity contribution is 0.273. The fourth-order valence-corrected chi connectivity index (χ4v) is 5.41. The first-order valence-corrected chi connectivity index (χ1v) is 12.0. The predicted octanol–water partition coefficient (Wildman–Crippen LogP) is 4.24. The Morgan fingerprint density at radius 1 is 1.12 bits per heavy atom. The second-order valence-electron chi connectivity index (χ2n) is 7.75. The molecule has 3 N–H and O–H groups in total. The molecule has 1 fully saturated rings. The van der Waals surface area contributed by atoms with E-state index in [-0.39, 0.29) is 10.7 Å². The minimum Gasteiger partial charge on any atom is -0.398 e. The highest BCUT2D eigenvalue weighted by atomic mass is 35.5. The van der Waals surface area contributed by atoms with Gasteiger partial charge in [-0.2, -0.15) is 4.31 Å². The van der Waals surface area contributed by atoms with Crippen LogP contribution in [0, 0.1) is 11.7 Å².